The fraction of sp³-hybridized carbons (Fsp3) is 0.400. The maximum atomic E-state index is 12.7. The summed E-state index contributed by atoms with van der Waals surface area (Å²) in [6.45, 7) is 3.99. The van der Waals surface area contributed by atoms with Gasteiger partial charge in [0.05, 0.1) is 0 Å². The third kappa shape index (κ3) is 5.04. The number of hydrogen-bond acceptors (Lipinski definition) is 6. The molecule has 2 heterocycles. The Labute approximate surface area is 165 Å². The lowest BCUT2D eigenvalue weighted by Gasteiger charge is -2.34. The van der Waals surface area contributed by atoms with Crippen LogP contribution < -0.4 is 10.2 Å². The van der Waals surface area contributed by atoms with Crippen molar-refractivity contribution in [1.29, 1.82) is 0 Å². The van der Waals surface area contributed by atoms with Gasteiger partial charge in [-0.1, -0.05) is 0 Å². The number of benzene rings is 1. The Hall–Kier alpha value is -3.00. The molecule has 2 amide bonds. The van der Waals surface area contributed by atoms with E-state index in [4.69, 9.17) is 0 Å². The topological polar surface area (TPSA) is 81.7 Å². The van der Waals surface area contributed by atoms with Crippen molar-refractivity contribution in [3.05, 3.63) is 53.9 Å². The van der Waals surface area contributed by atoms with Gasteiger partial charge in [0.1, 0.15) is 0 Å². The van der Waals surface area contributed by atoms with E-state index in [0.717, 1.165) is 6.54 Å². The number of carbonyl (C=O) groups excluding carboxylic acids is 2. The fourth-order valence-electron chi connectivity index (χ4n) is 3.01. The highest BCUT2D eigenvalue weighted by atomic mass is 16.2. The zero-order valence-electron chi connectivity index (χ0n) is 16.3. The van der Waals surface area contributed by atoms with Gasteiger partial charge < -0.3 is 20.0 Å². The molecule has 1 fully saturated rings. The molecule has 1 aliphatic rings. The van der Waals surface area contributed by atoms with Gasteiger partial charge in [-0.2, -0.15) is 0 Å². The van der Waals surface area contributed by atoms with Crippen molar-refractivity contribution >= 4 is 17.8 Å². The van der Waals surface area contributed by atoms with E-state index in [0.29, 0.717) is 49.8 Å². The van der Waals surface area contributed by atoms with Gasteiger partial charge in [0.2, 0.25) is 5.95 Å². The first kappa shape index (κ1) is 19.8. The third-order valence-corrected chi connectivity index (χ3v) is 4.64. The summed E-state index contributed by atoms with van der Waals surface area (Å²) in [6.07, 6.45) is 3.44. The first-order chi connectivity index (χ1) is 13.5. The van der Waals surface area contributed by atoms with Crippen molar-refractivity contribution in [1.82, 2.24) is 25.1 Å². The average Bonchev–Trinajstić information content (AvgIpc) is 2.74. The maximum absolute atomic E-state index is 12.7. The molecule has 0 bridgehead atoms. The van der Waals surface area contributed by atoms with Crippen LogP contribution in [0.3, 0.4) is 0 Å². The first-order valence-electron chi connectivity index (χ1n) is 9.39. The maximum Gasteiger partial charge on any atom is 0.253 e. The standard InChI is InChI=1S/C20H26N6O2/c1-24(2)11-10-21-18(27)16-4-6-17(7-5-16)19(28)25-12-14-26(15-13-25)20-22-8-3-9-23-20/h3-9H,10-15H2,1-2H3,(H,21,27). The zero-order chi connectivity index (χ0) is 19.9. The summed E-state index contributed by atoms with van der Waals surface area (Å²) in [5.41, 5.74) is 1.15. The predicted molar refractivity (Wildman–Crippen MR) is 107 cm³/mol. The number of anilines is 1. The molecule has 8 heteroatoms. The monoisotopic (exact) mass is 382 g/mol. The van der Waals surface area contributed by atoms with E-state index in [9.17, 15) is 9.59 Å². The SMILES string of the molecule is CN(C)CCNC(=O)c1ccc(C(=O)N2CCN(c3ncccn3)CC2)cc1. The van der Waals surface area contributed by atoms with Gasteiger partial charge in [-0.25, -0.2) is 9.97 Å². The zero-order valence-corrected chi connectivity index (χ0v) is 16.3. The largest absolute Gasteiger partial charge is 0.351 e. The second-order valence-electron chi connectivity index (χ2n) is 6.96. The number of amides is 2. The third-order valence-electron chi connectivity index (χ3n) is 4.64. The lowest BCUT2D eigenvalue weighted by atomic mass is 10.1. The molecule has 0 spiro atoms. The smallest absolute Gasteiger partial charge is 0.253 e. The van der Waals surface area contributed by atoms with Gasteiger partial charge in [-0.3, -0.25) is 9.59 Å². The Morgan fingerprint density at radius 1 is 1.00 bits per heavy atom. The lowest BCUT2D eigenvalue weighted by Crippen LogP contribution is -2.49. The van der Waals surface area contributed by atoms with Crippen LogP contribution in [-0.2, 0) is 0 Å². The number of piperazine rings is 1. The number of nitrogens with one attached hydrogen (secondary N) is 1. The molecule has 0 aliphatic carbocycles. The molecule has 8 nitrogen and oxygen atoms in total. The van der Waals surface area contributed by atoms with E-state index in [-0.39, 0.29) is 11.8 Å². The molecular weight excluding hydrogens is 356 g/mol. The summed E-state index contributed by atoms with van der Waals surface area (Å²) in [5, 5.41) is 2.87. The minimum Gasteiger partial charge on any atom is -0.351 e. The number of likely N-dealkylation sites (N-methyl/N-ethyl adjacent to an activating group) is 1. The van der Waals surface area contributed by atoms with Crippen LogP contribution in [0.4, 0.5) is 5.95 Å². The Kier molecular flexibility index (Phi) is 6.54. The van der Waals surface area contributed by atoms with Gasteiger partial charge in [0.15, 0.2) is 0 Å². The van der Waals surface area contributed by atoms with Gasteiger partial charge in [0, 0.05) is 62.8 Å². The number of carbonyl (C=O) groups is 2. The molecule has 28 heavy (non-hydrogen) atoms. The second-order valence-corrected chi connectivity index (χ2v) is 6.96. The number of aromatic nitrogens is 2. The molecule has 0 saturated carbocycles. The molecule has 0 atom stereocenters. The molecule has 3 rings (SSSR count). The molecule has 1 aliphatic heterocycles. The summed E-state index contributed by atoms with van der Waals surface area (Å²) in [5.74, 6) is 0.546. The van der Waals surface area contributed by atoms with Crippen LogP contribution in [-0.4, -0.2) is 84.9 Å². The quantitative estimate of drug-likeness (QED) is 0.793. The van der Waals surface area contributed by atoms with Gasteiger partial charge in [0.25, 0.3) is 11.8 Å². The molecule has 1 N–H and O–H groups in total. The van der Waals surface area contributed by atoms with E-state index in [1.807, 2.05) is 23.9 Å². The van der Waals surface area contributed by atoms with Crippen molar-refractivity contribution in [2.75, 3.05) is 58.3 Å². The van der Waals surface area contributed by atoms with Crippen molar-refractivity contribution < 1.29 is 9.59 Å². The normalized spacial score (nSPS) is 14.2. The highest BCUT2D eigenvalue weighted by Crippen LogP contribution is 2.13. The number of hydrogen-bond donors (Lipinski definition) is 1. The fourth-order valence-corrected chi connectivity index (χ4v) is 3.01. The molecule has 1 aromatic carbocycles. The van der Waals surface area contributed by atoms with E-state index < -0.39 is 0 Å². The number of nitrogens with zero attached hydrogens (tertiary/aromatic N) is 5. The van der Waals surface area contributed by atoms with Crippen molar-refractivity contribution in [3.8, 4) is 0 Å². The molecule has 148 valence electrons. The number of rotatable bonds is 6. The van der Waals surface area contributed by atoms with Crippen LogP contribution in [0, 0.1) is 0 Å². The summed E-state index contributed by atoms with van der Waals surface area (Å²) in [7, 11) is 3.92. The van der Waals surface area contributed by atoms with Gasteiger partial charge >= 0.3 is 0 Å². The Morgan fingerprint density at radius 2 is 1.61 bits per heavy atom. The Morgan fingerprint density at radius 3 is 2.21 bits per heavy atom. The van der Waals surface area contributed by atoms with Crippen LogP contribution in [0.25, 0.3) is 0 Å². The highest BCUT2D eigenvalue weighted by molar-refractivity contribution is 5.97. The van der Waals surface area contributed by atoms with Crippen LogP contribution >= 0.6 is 0 Å². The first-order valence-corrected chi connectivity index (χ1v) is 9.39. The molecule has 0 unspecified atom stereocenters. The highest BCUT2D eigenvalue weighted by Gasteiger charge is 2.23. The average molecular weight is 382 g/mol. The minimum atomic E-state index is -0.127. The van der Waals surface area contributed by atoms with E-state index >= 15 is 0 Å². The van der Waals surface area contributed by atoms with E-state index in [1.165, 1.54) is 0 Å². The molecule has 1 aromatic heterocycles. The summed E-state index contributed by atoms with van der Waals surface area (Å²) in [6, 6.07) is 8.62. The lowest BCUT2D eigenvalue weighted by molar-refractivity contribution is 0.0745. The molecule has 2 aromatic rings. The van der Waals surface area contributed by atoms with Crippen LogP contribution in [0.5, 0.6) is 0 Å². The van der Waals surface area contributed by atoms with Crippen molar-refractivity contribution in [2.24, 2.45) is 0 Å². The second kappa shape index (κ2) is 9.27. The van der Waals surface area contributed by atoms with Crippen molar-refractivity contribution in [3.63, 3.8) is 0 Å². The Balaban J connectivity index is 1.53. The molecular formula is C20H26N6O2. The van der Waals surface area contributed by atoms with Crippen molar-refractivity contribution in [2.45, 2.75) is 0 Å². The predicted octanol–water partition coefficient (Wildman–Crippen LogP) is 0.730. The Bertz CT molecular complexity index is 786. The molecule has 1 saturated heterocycles. The molecule has 0 radical (unpaired) electrons. The minimum absolute atomic E-state index is 0.0202. The van der Waals surface area contributed by atoms with Gasteiger partial charge in [-0.15, -0.1) is 0 Å². The van der Waals surface area contributed by atoms with E-state index in [2.05, 4.69) is 20.2 Å². The van der Waals surface area contributed by atoms with Crippen LogP contribution in [0.2, 0.25) is 0 Å². The summed E-state index contributed by atoms with van der Waals surface area (Å²) >= 11 is 0. The summed E-state index contributed by atoms with van der Waals surface area (Å²) < 4.78 is 0. The summed E-state index contributed by atoms with van der Waals surface area (Å²) in [4.78, 5) is 39.3. The van der Waals surface area contributed by atoms with Crippen LogP contribution in [0.15, 0.2) is 42.7 Å². The van der Waals surface area contributed by atoms with Crippen LogP contribution in [0.1, 0.15) is 20.7 Å². The van der Waals surface area contributed by atoms with E-state index in [1.54, 1.807) is 42.7 Å². The van der Waals surface area contributed by atoms with Gasteiger partial charge in [-0.05, 0) is 44.4 Å².